The van der Waals surface area contributed by atoms with E-state index in [1.807, 2.05) is 20.8 Å². The second-order valence-electron chi connectivity index (χ2n) is 6.61. The predicted molar refractivity (Wildman–Crippen MR) is 102 cm³/mol. The third-order valence-electron chi connectivity index (χ3n) is 4.45. The standard InChI is InChI=1S/C19H23N3O2S/c1-11-8-12(2)17(13(3)9-11)21-16(23)10-25-19-20-15-7-5-4-6-14(15)18(24)22-19/h8-9H,4-7,10H2,1-3H3,(H,21,23)(H,20,22,24). The van der Waals surface area contributed by atoms with Gasteiger partial charge in [-0.15, -0.1) is 0 Å². The number of anilines is 1. The van der Waals surface area contributed by atoms with E-state index in [1.54, 1.807) is 0 Å². The second-order valence-corrected chi connectivity index (χ2v) is 7.58. The minimum Gasteiger partial charge on any atom is -0.325 e. The molecular formula is C19H23N3O2S. The largest absolute Gasteiger partial charge is 0.325 e. The highest BCUT2D eigenvalue weighted by atomic mass is 32.2. The third-order valence-corrected chi connectivity index (χ3v) is 5.32. The van der Waals surface area contributed by atoms with Gasteiger partial charge in [0.25, 0.3) is 5.56 Å². The van der Waals surface area contributed by atoms with Crippen LogP contribution in [0.2, 0.25) is 0 Å². The van der Waals surface area contributed by atoms with Gasteiger partial charge in [-0.2, -0.15) is 0 Å². The number of fused-ring (bicyclic) bond motifs is 1. The molecule has 25 heavy (non-hydrogen) atoms. The fourth-order valence-corrected chi connectivity index (χ4v) is 4.02. The SMILES string of the molecule is Cc1cc(C)c(NC(=O)CSc2nc3c(c(=O)[nH]2)CCCC3)c(C)c1. The summed E-state index contributed by atoms with van der Waals surface area (Å²) in [6, 6.07) is 4.11. The number of benzene rings is 1. The lowest BCUT2D eigenvalue weighted by molar-refractivity contribution is -0.113. The number of aromatic nitrogens is 2. The summed E-state index contributed by atoms with van der Waals surface area (Å²) in [4.78, 5) is 31.8. The first-order valence-electron chi connectivity index (χ1n) is 8.56. The Labute approximate surface area is 151 Å². The number of rotatable bonds is 4. The maximum Gasteiger partial charge on any atom is 0.254 e. The maximum absolute atomic E-state index is 12.3. The molecule has 1 aromatic carbocycles. The van der Waals surface area contributed by atoms with Gasteiger partial charge in [-0.25, -0.2) is 4.98 Å². The topological polar surface area (TPSA) is 74.8 Å². The molecule has 6 heteroatoms. The van der Waals surface area contributed by atoms with Crippen molar-refractivity contribution >= 4 is 23.4 Å². The van der Waals surface area contributed by atoms with Gasteiger partial charge in [-0.3, -0.25) is 9.59 Å². The van der Waals surface area contributed by atoms with Gasteiger partial charge >= 0.3 is 0 Å². The van der Waals surface area contributed by atoms with Gasteiger partial charge in [0.2, 0.25) is 5.91 Å². The Hall–Kier alpha value is -2.08. The van der Waals surface area contributed by atoms with Gasteiger partial charge in [0, 0.05) is 11.3 Å². The first-order chi connectivity index (χ1) is 11.9. The minimum atomic E-state index is -0.0968. The average Bonchev–Trinajstić information content (AvgIpc) is 2.56. The van der Waals surface area contributed by atoms with Crippen molar-refractivity contribution in [1.29, 1.82) is 0 Å². The first-order valence-corrected chi connectivity index (χ1v) is 9.55. The lowest BCUT2D eigenvalue weighted by Gasteiger charge is -2.15. The second kappa shape index (κ2) is 7.44. The van der Waals surface area contributed by atoms with E-state index in [9.17, 15) is 9.59 Å². The predicted octanol–water partition coefficient (Wildman–Crippen LogP) is 3.30. The molecule has 1 amide bonds. The molecule has 0 radical (unpaired) electrons. The smallest absolute Gasteiger partial charge is 0.254 e. The Morgan fingerprint density at radius 1 is 1.20 bits per heavy atom. The number of thioether (sulfide) groups is 1. The molecule has 2 N–H and O–H groups in total. The van der Waals surface area contributed by atoms with Crippen molar-refractivity contribution in [3.63, 3.8) is 0 Å². The van der Waals surface area contributed by atoms with Crippen LogP contribution in [0.3, 0.4) is 0 Å². The zero-order chi connectivity index (χ0) is 18.0. The van der Waals surface area contributed by atoms with E-state index in [2.05, 4.69) is 27.4 Å². The molecule has 2 aromatic rings. The van der Waals surface area contributed by atoms with Crippen molar-refractivity contribution in [2.24, 2.45) is 0 Å². The van der Waals surface area contributed by atoms with Gasteiger partial charge in [0.1, 0.15) is 0 Å². The van der Waals surface area contributed by atoms with Crippen LogP contribution in [-0.4, -0.2) is 21.6 Å². The molecule has 1 aromatic heterocycles. The highest BCUT2D eigenvalue weighted by Crippen LogP contribution is 2.23. The summed E-state index contributed by atoms with van der Waals surface area (Å²) in [6.45, 7) is 6.02. The summed E-state index contributed by atoms with van der Waals surface area (Å²) in [5, 5.41) is 3.50. The lowest BCUT2D eigenvalue weighted by atomic mass is 9.97. The number of aromatic amines is 1. The van der Waals surface area contributed by atoms with Crippen molar-refractivity contribution in [3.05, 3.63) is 50.4 Å². The molecule has 0 spiro atoms. The van der Waals surface area contributed by atoms with Gasteiger partial charge in [-0.05, 0) is 57.6 Å². The van der Waals surface area contributed by atoms with Crippen LogP contribution in [0.1, 0.15) is 40.8 Å². The van der Waals surface area contributed by atoms with E-state index in [1.165, 1.54) is 17.3 Å². The van der Waals surface area contributed by atoms with Crippen LogP contribution in [0.4, 0.5) is 5.69 Å². The number of carbonyl (C=O) groups is 1. The quantitative estimate of drug-likeness (QED) is 0.650. The molecule has 5 nitrogen and oxygen atoms in total. The van der Waals surface area contributed by atoms with Crippen LogP contribution in [0.5, 0.6) is 0 Å². The zero-order valence-corrected chi connectivity index (χ0v) is 15.7. The molecule has 0 saturated carbocycles. The summed E-state index contributed by atoms with van der Waals surface area (Å²) in [5.74, 6) is 0.120. The van der Waals surface area contributed by atoms with Gasteiger partial charge < -0.3 is 10.3 Å². The number of nitrogens with zero attached hydrogens (tertiary/aromatic N) is 1. The third kappa shape index (κ3) is 4.12. The Kier molecular flexibility index (Phi) is 5.27. The Balaban J connectivity index is 1.67. The molecule has 0 fully saturated rings. The first kappa shape index (κ1) is 17.7. The van der Waals surface area contributed by atoms with Crippen molar-refractivity contribution in [2.45, 2.75) is 51.6 Å². The minimum absolute atomic E-state index is 0.0576. The van der Waals surface area contributed by atoms with Crippen molar-refractivity contribution in [1.82, 2.24) is 9.97 Å². The van der Waals surface area contributed by atoms with E-state index < -0.39 is 0 Å². The average molecular weight is 357 g/mol. The lowest BCUT2D eigenvalue weighted by Crippen LogP contribution is -2.22. The fourth-order valence-electron chi connectivity index (χ4n) is 3.34. The van der Waals surface area contributed by atoms with E-state index in [0.717, 1.165) is 53.8 Å². The maximum atomic E-state index is 12.3. The number of hydrogen-bond donors (Lipinski definition) is 2. The molecule has 3 rings (SSSR count). The zero-order valence-electron chi connectivity index (χ0n) is 14.9. The summed E-state index contributed by atoms with van der Waals surface area (Å²) in [6.07, 6.45) is 3.76. The highest BCUT2D eigenvalue weighted by Gasteiger charge is 2.16. The van der Waals surface area contributed by atoms with Crippen molar-refractivity contribution < 1.29 is 4.79 Å². The van der Waals surface area contributed by atoms with Crippen LogP contribution in [0.15, 0.2) is 22.1 Å². The molecule has 0 saturated heterocycles. The summed E-state index contributed by atoms with van der Waals surface area (Å²) in [5.41, 5.74) is 5.79. The van der Waals surface area contributed by atoms with Gasteiger partial charge in [-0.1, -0.05) is 29.5 Å². The molecule has 0 unspecified atom stereocenters. The van der Waals surface area contributed by atoms with Crippen molar-refractivity contribution in [2.75, 3.05) is 11.1 Å². The normalized spacial score (nSPS) is 13.4. The number of hydrogen-bond acceptors (Lipinski definition) is 4. The molecule has 0 atom stereocenters. The highest BCUT2D eigenvalue weighted by molar-refractivity contribution is 7.99. The van der Waals surface area contributed by atoms with Gasteiger partial charge in [0.05, 0.1) is 11.4 Å². The molecular weight excluding hydrogens is 334 g/mol. The number of amides is 1. The van der Waals surface area contributed by atoms with E-state index >= 15 is 0 Å². The summed E-state index contributed by atoms with van der Waals surface area (Å²) in [7, 11) is 0. The Morgan fingerprint density at radius 2 is 1.88 bits per heavy atom. The molecule has 0 aliphatic heterocycles. The van der Waals surface area contributed by atoms with E-state index in [4.69, 9.17) is 0 Å². The van der Waals surface area contributed by atoms with Crippen LogP contribution in [0.25, 0.3) is 0 Å². The molecule has 1 aliphatic rings. The van der Waals surface area contributed by atoms with Crippen LogP contribution in [-0.2, 0) is 17.6 Å². The Morgan fingerprint density at radius 3 is 2.60 bits per heavy atom. The number of H-pyrrole nitrogens is 1. The van der Waals surface area contributed by atoms with E-state index in [0.29, 0.717) is 5.16 Å². The molecule has 0 bridgehead atoms. The van der Waals surface area contributed by atoms with Crippen LogP contribution in [0, 0.1) is 20.8 Å². The molecule has 132 valence electrons. The monoisotopic (exact) mass is 357 g/mol. The van der Waals surface area contributed by atoms with Crippen LogP contribution >= 0.6 is 11.8 Å². The molecule has 1 heterocycles. The summed E-state index contributed by atoms with van der Waals surface area (Å²) >= 11 is 1.27. The van der Waals surface area contributed by atoms with Crippen LogP contribution < -0.4 is 10.9 Å². The Bertz CT molecular complexity index is 850. The summed E-state index contributed by atoms with van der Waals surface area (Å²) < 4.78 is 0. The fraction of sp³-hybridized carbons (Fsp3) is 0.421. The van der Waals surface area contributed by atoms with Crippen molar-refractivity contribution in [3.8, 4) is 0 Å². The number of aryl methyl sites for hydroxylation is 4. The van der Waals surface area contributed by atoms with E-state index in [-0.39, 0.29) is 17.2 Å². The number of carbonyl (C=O) groups excluding carboxylic acids is 1. The number of nitrogens with one attached hydrogen (secondary N) is 2. The molecule has 1 aliphatic carbocycles. The van der Waals surface area contributed by atoms with Gasteiger partial charge in [0.15, 0.2) is 5.16 Å².